The van der Waals surface area contributed by atoms with Gasteiger partial charge in [0.15, 0.2) is 5.96 Å². The van der Waals surface area contributed by atoms with E-state index in [2.05, 4.69) is 36.4 Å². The van der Waals surface area contributed by atoms with Crippen LogP contribution in [0.4, 0.5) is 0 Å². The van der Waals surface area contributed by atoms with E-state index < -0.39 is 0 Å². The molecule has 0 aromatic carbocycles. The molecule has 0 aromatic heterocycles. The molecule has 1 amide bonds. The Hall–Kier alpha value is -1.30. The van der Waals surface area contributed by atoms with Crippen molar-refractivity contribution >= 4 is 11.9 Å². The minimum Gasteiger partial charge on any atom is -0.378 e. The molecule has 1 saturated heterocycles. The number of ether oxygens (including phenoxy) is 1. The van der Waals surface area contributed by atoms with E-state index in [-0.39, 0.29) is 24.0 Å². The highest BCUT2D eigenvalue weighted by Gasteiger charge is 2.40. The van der Waals surface area contributed by atoms with E-state index in [0.717, 1.165) is 37.2 Å². The van der Waals surface area contributed by atoms with Crippen molar-refractivity contribution in [2.75, 3.05) is 27.2 Å². The van der Waals surface area contributed by atoms with Gasteiger partial charge in [-0.3, -0.25) is 4.79 Å². The topological polar surface area (TPSA) is 66.0 Å². The maximum absolute atomic E-state index is 12.0. The van der Waals surface area contributed by atoms with Crippen LogP contribution in [-0.2, 0) is 9.53 Å². The standard InChI is InChI=1S/C21H38N4O2/c1-21(2,3)18-12-16(8-9-27-18)23-20(22-13-19(26)25(4)5)24-17-11-14-6-7-15(17)10-14/h14-18H,6-13H2,1-5H3,(H2,22,23,24). The zero-order valence-corrected chi connectivity index (χ0v) is 17.8. The Bertz CT molecular complexity index is 555. The summed E-state index contributed by atoms with van der Waals surface area (Å²) in [5.74, 6) is 2.49. The smallest absolute Gasteiger partial charge is 0.243 e. The SMILES string of the molecule is CN(C)C(=O)CN=C(NC1CCOC(C(C)(C)C)C1)NC1CC2CCC1C2. The monoisotopic (exact) mass is 378 g/mol. The molecule has 2 aliphatic carbocycles. The van der Waals surface area contributed by atoms with Gasteiger partial charge in [0.1, 0.15) is 6.54 Å². The van der Waals surface area contributed by atoms with E-state index in [4.69, 9.17) is 4.74 Å². The molecule has 2 bridgehead atoms. The lowest BCUT2D eigenvalue weighted by atomic mass is 9.83. The summed E-state index contributed by atoms with van der Waals surface area (Å²) in [6.45, 7) is 7.67. The van der Waals surface area contributed by atoms with Gasteiger partial charge in [-0.15, -0.1) is 0 Å². The van der Waals surface area contributed by atoms with Gasteiger partial charge in [-0.25, -0.2) is 4.99 Å². The maximum Gasteiger partial charge on any atom is 0.243 e. The summed E-state index contributed by atoms with van der Waals surface area (Å²) < 4.78 is 6.00. The lowest BCUT2D eigenvalue weighted by Gasteiger charge is -2.38. The Morgan fingerprint density at radius 2 is 1.89 bits per heavy atom. The number of likely N-dealkylation sites (N-methyl/N-ethyl adjacent to an activating group) is 1. The summed E-state index contributed by atoms with van der Waals surface area (Å²) in [4.78, 5) is 18.3. The number of carbonyl (C=O) groups excluding carboxylic acids is 1. The fourth-order valence-corrected chi connectivity index (χ4v) is 4.74. The predicted molar refractivity (Wildman–Crippen MR) is 109 cm³/mol. The van der Waals surface area contributed by atoms with Crippen molar-refractivity contribution in [2.45, 2.75) is 77.5 Å². The lowest BCUT2D eigenvalue weighted by Crippen LogP contribution is -2.52. The van der Waals surface area contributed by atoms with Crippen LogP contribution >= 0.6 is 0 Å². The van der Waals surface area contributed by atoms with Gasteiger partial charge in [0.25, 0.3) is 0 Å². The fourth-order valence-electron chi connectivity index (χ4n) is 4.74. The van der Waals surface area contributed by atoms with Crippen LogP contribution in [0.5, 0.6) is 0 Å². The average molecular weight is 379 g/mol. The number of nitrogens with zero attached hydrogens (tertiary/aromatic N) is 2. The van der Waals surface area contributed by atoms with E-state index in [1.165, 1.54) is 25.7 Å². The van der Waals surface area contributed by atoms with Crippen molar-refractivity contribution in [1.29, 1.82) is 0 Å². The van der Waals surface area contributed by atoms with Gasteiger partial charge >= 0.3 is 0 Å². The molecule has 0 spiro atoms. The summed E-state index contributed by atoms with van der Waals surface area (Å²) in [7, 11) is 3.56. The van der Waals surface area contributed by atoms with Crippen LogP contribution in [0.1, 0.15) is 59.3 Å². The molecule has 3 aliphatic rings. The largest absolute Gasteiger partial charge is 0.378 e. The normalized spacial score (nSPS) is 33.8. The third kappa shape index (κ3) is 5.37. The summed E-state index contributed by atoms with van der Waals surface area (Å²) in [6, 6.07) is 0.838. The van der Waals surface area contributed by atoms with Crippen LogP contribution in [0, 0.1) is 17.3 Å². The first-order valence-electron chi connectivity index (χ1n) is 10.6. The van der Waals surface area contributed by atoms with Gasteiger partial charge < -0.3 is 20.3 Å². The van der Waals surface area contributed by atoms with Crippen molar-refractivity contribution in [3.8, 4) is 0 Å². The molecular formula is C21H38N4O2. The maximum atomic E-state index is 12.0. The van der Waals surface area contributed by atoms with Gasteiger partial charge in [-0.1, -0.05) is 27.2 Å². The minimum atomic E-state index is 0.0311. The van der Waals surface area contributed by atoms with Crippen LogP contribution in [0.15, 0.2) is 4.99 Å². The number of hydrogen-bond acceptors (Lipinski definition) is 3. The Labute approximate surface area is 164 Å². The highest BCUT2D eigenvalue weighted by molar-refractivity contribution is 5.85. The molecule has 2 saturated carbocycles. The molecule has 3 rings (SSSR count). The molecule has 6 nitrogen and oxygen atoms in total. The van der Waals surface area contributed by atoms with Crippen LogP contribution in [0.25, 0.3) is 0 Å². The van der Waals surface area contributed by atoms with Crippen molar-refractivity contribution in [3.63, 3.8) is 0 Å². The second kappa shape index (κ2) is 8.38. The zero-order chi connectivity index (χ0) is 19.6. The molecule has 1 aliphatic heterocycles. The third-order valence-corrected chi connectivity index (χ3v) is 6.52. The predicted octanol–water partition coefficient (Wildman–Crippen LogP) is 2.39. The molecule has 5 atom stereocenters. The molecule has 3 fully saturated rings. The van der Waals surface area contributed by atoms with Crippen LogP contribution in [0.3, 0.4) is 0 Å². The third-order valence-electron chi connectivity index (χ3n) is 6.52. The Balaban J connectivity index is 1.63. The average Bonchev–Trinajstić information content (AvgIpc) is 3.21. The molecule has 0 aromatic rings. The number of carbonyl (C=O) groups is 1. The van der Waals surface area contributed by atoms with E-state index in [0.29, 0.717) is 12.1 Å². The van der Waals surface area contributed by atoms with Crippen LogP contribution in [0.2, 0.25) is 0 Å². The van der Waals surface area contributed by atoms with Crippen molar-refractivity contribution < 1.29 is 9.53 Å². The molecule has 6 heteroatoms. The molecule has 27 heavy (non-hydrogen) atoms. The Kier molecular flexibility index (Phi) is 6.34. The van der Waals surface area contributed by atoms with E-state index in [9.17, 15) is 4.79 Å². The zero-order valence-electron chi connectivity index (χ0n) is 17.8. The lowest BCUT2D eigenvalue weighted by molar-refractivity contribution is -0.127. The second-order valence-electron chi connectivity index (χ2n) is 9.97. The van der Waals surface area contributed by atoms with Crippen LogP contribution < -0.4 is 10.6 Å². The van der Waals surface area contributed by atoms with Gasteiger partial charge in [-0.05, 0) is 49.4 Å². The highest BCUT2D eigenvalue weighted by Crippen LogP contribution is 2.44. The first-order chi connectivity index (χ1) is 12.7. The fraction of sp³-hybridized carbons (Fsp3) is 0.905. The number of amides is 1. The number of guanidine groups is 1. The summed E-state index contributed by atoms with van der Waals surface area (Å²) >= 11 is 0. The van der Waals surface area contributed by atoms with Crippen molar-refractivity contribution in [2.24, 2.45) is 22.2 Å². The van der Waals surface area contributed by atoms with Gasteiger partial charge in [0.2, 0.25) is 5.91 Å². The molecule has 154 valence electrons. The molecule has 1 heterocycles. The Morgan fingerprint density at radius 3 is 2.48 bits per heavy atom. The van der Waals surface area contributed by atoms with Crippen LogP contribution in [-0.4, -0.2) is 62.2 Å². The number of nitrogens with one attached hydrogen (secondary N) is 2. The first-order valence-corrected chi connectivity index (χ1v) is 10.6. The first kappa shape index (κ1) is 20.4. The van der Waals surface area contributed by atoms with E-state index in [1.54, 1.807) is 19.0 Å². The quantitative estimate of drug-likeness (QED) is 0.582. The molecule has 5 unspecified atom stereocenters. The minimum absolute atomic E-state index is 0.0311. The van der Waals surface area contributed by atoms with Gasteiger partial charge in [0.05, 0.1) is 6.10 Å². The number of hydrogen-bond donors (Lipinski definition) is 2. The highest BCUT2D eigenvalue weighted by atomic mass is 16.5. The van der Waals surface area contributed by atoms with Crippen molar-refractivity contribution in [3.05, 3.63) is 0 Å². The summed E-state index contributed by atoms with van der Waals surface area (Å²) in [5, 5.41) is 7.30. The van der Waals surface area contributed by atoms with Gasteiger partial charge in [0, 0.05) is 32.8 Å². The van der Waals surface area contributed by atoms with Crippen molar-refractivity contribution in [1.82, 2.24) is 15.5 Å². The molecular weight excluding hydrogens is 340 g/mol. The number of aliphatic imine (C=N–C) groups is 1. The molecule has 0 radical (unpaired) electrons. The molecule has 2 N–H and O–H groups in total. The number of fused-ring (bicyclic) bond motifs is 2. The van der Waals surface area contributed by atoms with E-state index in [1.807, 2.05) is 0 Å². The summed E-state index contributed by atoms with van der Waals surface area (Å²) in [6.07, 6.45) is 7.51. The number of rotatable bonds is 4. The van der Waals surface area contributed by atoms with E-state index >= 15 is 0 Å². The second-order valence-corrected chi connectivity index (χ2v) is 9.97. The Morgan fingerprint density at radius 1 is 1.11 bits per heavy atom. The van der Waals surface area contributed by atoms with Gasteiger partial charge in [-0.2, -0.15) is 0 Å². The summed E-state index contributed by atoms with van der Waals surface area (Å²) in [5.41, 5.74) is 0.135.